The average molecular weight is 341 g/mol. The quantitative estimate of drug-likeness (QED) is 0.418. The van der Waals surface area contributed by atoms with Crippen LogP contribution in [0.4, 0.5) is 0 Å². The number of aliphatic hydroxyl groups is 1. The van der Waals surface area contributed by atoms with Gasteiger partial charge >= 0.3 is 11.9 Å². The third-order valence-corrected chi connectivity index (χ3v) is 3.07. The molecule has 0 bridgehead atoms. The standard InChI is InChI=1S/C15H25NO2.C2H2O4/c1-12-10-13(2)15(14(3)11-12)18-9-5-4-6-16-7-8-17;3-1(4)2(5)6/h10-11,16-17H,4-9H2,1-3H3;(H,3,4)(H,5,6). The van der Waals surface area contributed by atoms with Gasteiger partial charge in [0.15, 0.2) is 0 Å². The summed E-state index contributed by atoms with van der Waals surface area (Å²) in [7, 11) is 0. The van der Waals surface area contributed by atoms with Crippen LogP contribution in [0.2, 0.25) is 0 Å². The molecule has 0 fully saturated rings. The first-order chi connectivity index (χ1) is 11.3. The number of ether oxygens (including phenoxy) is 1. The molecule has 136 valence electrons. The molecule has 0 saturated heterocycles. The van der Waals surface area contributed by atoms with Crippen molar-refractivity contribution < 1.29 is 29.6 Å². The minimum Gasteiger partial charge on any atom is -0.493 e. The molecule has 0 aromatic heterocycles. The van der Waals surface area contributed by atoms with Crippen LogP contribution < -0.4 is 10.1 Å². The number of aliphatic carboxylic acids is 2. The number of aryl methyl sites for hydroxylation is 3. The van der Waals surface area contributed by atoms with Crippen LogP contribution in [0, 0.1) is 20.8 Å². The van der Waals surface area contributed by atoms with Gasteiger partial charge in [-0.1, -0.05) is 17.7 Å². The van der Waals surface area contributed by atoms with Gasteiger partial charge in [0.1, 0.15) is 5.75 Å². The van der Waals surface area contributed by atoms with E-state index in [4.69, 9.17) is 29.6 Å². The van der Waals surface area contributed by atoms with E-state index in [2.05, 4.69) is 38.2 Å². The Bertz CT molecular complexity index is 495. The normalized spacial score (nSPS) is 9.83. The fourth-order valence-electron chi connectivity index (χ4n) is 2.12. The third-order valence-electron chi connectivity index (χ3n) is 3.07. The van der Waals surface area contributed by atoms with Gasteiger partial charge in [-0.15, -0.1) is 0 Å². The first-order valence-electron chi connectivity index (χ1n) is 7.78. The second kappa shape index (κ2) is 12.3. The van der Waals surface area contributed by atoms with Crippen molar-refractivity contribution in [2.45, 2.75) is 33.6 Å². The number of carboxylic acids is 2. The molecule has 0 aliphatic carbocycles. The highest BCUT2D eigenvalue weighted by molar-refractivity contribution is 6.27. The van der Waals surface area contributed by atoms with Crippen molar-refractivity contribution in [1.82, 2.24) is 5.32 Å². The van der Waals surface area contributed by atoms with Gasteiger partial charge in [0.2, 0.25) is 0 Å². The summed E-state index contributed by atoms with van der Waals surface area (Å²) in [4.78, 5) is 18.2. The van der Waals surface area contributed by atoms with Gasteiger partial charge in [-0.25, -0.2) is 9.59 Å². The Morgan fingerprint density at radius 3 is 2.00 bits per heavy atom. The number of hydrogen-bond donors (Lipinski definition) is 4. The van der Waals surface area contributed by atoms with Crippen LogP contribution in [-0.2, 0) is 9.59 Å². The Morgan fingerprint density at radius 2 is 1.54 bits per heavy atom. The molecular weight excluding hydrogens is 314 g/mol. The van der Waals surface area contributed by atoms with Crippen molar-refractivity contribution in [3.63, 3.8) is 0 Å². The molecule has 4 N–H and O–H groups in total. The highest BCUT2D eigenvalue weighted by Crippen LogP contribution is 2.24. The summed E-state index contributed by atoms with van der Waals surface area (Å²) in [5.41, 5.74) is 3.71. The summed E-state index contributed by atoms with van der Waals surface area (Å²) in [5, 5.41) is 26.6. The van der Waals surface area contributed by atoms with E-state index in [-0.39, 0.29) is 6.61 Å². The molecule has 24 heavy (non-hydrogen) atoms. The Morgan fingerprint density at radius 1 is 1.00 bits per heavy atom. The van der Waals surface area contributed by atoms with Gasteiger partial charge in [-0.05, 0) is 51.3 Å². The maximum absolute atomic E-state index is 9.10. The van der Waals surface area contributed by atoms with Gasteiger partial charge < -0.3 is 25.4 Å². The fourth-order valence-corrected chi connectivity index (χ4v) is 2.12. The van der Waals surface area contributed by atoms with Crippen molar-refractivity contribution >= 4 is 11.9 Å². The minimum atomic E-state index is -1.82. The summed E-state index contributed by atoms with van der Waals surface area (Å²) in [5.74, 6) is -2.62. The number of aliphatic hydroxyl groups excluding tert-OH is 1. The zero-order valence-electron chi connectivity index (χ0n) is 14.5. The topological polar surface area (TPSA) is 116 Å². The summed E-state index contributed by atoms with van der Waals surface area (Å²) >= 11 is 0. The monoisotopic (exact) mass is 341 g/mol. The molecule has 7 heteroatoms. The Balaban J connectivity index is 0.000000754. The number of rotatable bonds is 8. The molecular formula is C17H27NO6. The van der Waals surface area contributed by atoms with Gasteiger partial charge in [0, 0.05) is 6.54 Å². The molecule has 0 unspecified atom stereocenters. The minimum absolute atomic E-state index is 0.207. The van der Waals surface area contributed by atoms with Crippen molar-refractivity contribution in [2.24, 2.45) is 0 Å². The molecule has 0 saturated carbocycles. The van der Waals surface area contributed by atoms with Crippen molar-refractivity contribution in [3.05, 3.63) is 28.8 Å². The van der Waals surface area contributed by atoms with Crippen LogP contribution in [0.15, 0.2) is 12.1 Å². The van der Waals surface area contributed by atoms with Crippen LogP contribution in [0.3, 0.4) is 0 Å². The van der Waals surface area contributed by atoms with E-state index < -0.39 is 11.9 Å². The van der Waals surface area contributed by atoms with E-state index in [1.54, 1.807) is 0 Å². The Labute approximate surface area is 142 Å². The Hall–Kier alpha value is -2.12. The molecule has 1 aromatic rings. The first-order valence-corrected chi connectivity index (χ1v) is 7.78. The lowest BCUT2D eigenvalue weighted by molar-refractivity contribution is -0.159. The predicted molar refractivity (Wildman–Crippen MR) is 90.6 cm³/mol. The van der Waals surface area contributed by atoms with Gasteiger partial charge in [0.25, 0.3) is 0 Å². The van der Waals surface area contributed by atoms with E-state index in [1.165, 1.54) is 16.7 Å². The molecule has 7 nitrogen and oxygen atoms in total. The molecule has 1 rings (SSSR count). The number of carbonyl (C=O) groups is 2. The van der Waals surface area contributed by atoms with E-state index in [1.807, 2.05) is 0 Å². The molecule has 0 aliphatic rings. The Kier molecular flexibility index (Phi) is 11.2. The maximum Gasteiger partial charge on any atom is 0.414 e. The summed E-state index contributed by atoms with van der Waals surface area (Å²) in [6.45, 7) is 8.88. The maximum atomic E-state index is 9.10. The number of unbranched alkanes of at least 4 members (excludes halogenated alkanes) is 1. The molecule has 0 heterocycles. The smallest absolute Gasteiger partial charge is 0.414 e. The van der Waals surface area contributed by atoms with Gasteiger partial charge in [-0.3, -0.25) is 0 Å². The van der Waals surface area contributed by atoms with E-state index in [9.17, 15) is 0 Å². The number of carboxylic acid groups (broad SMARTS) is 2. The van der Waals surface area contributed by atoms with E-state index >= 15 is 0 Å². The van der Waals surface area contributed by atoms with Crippen LogP contribution >= 0.6 is 0 Å². The zero-order valence-corrected chi connectivity index (χ0v) is 14.5. The molecule has 0 aliphatic heterocycles. The second-order valence-corrected chi connectivity index (χ2v) is 5.37. The third kappa shape index (κ3) is 9.81. The van der Waals surface area contributed by atoms with Crippen LogP contribution in [-0.4, -0.2) is 53.6 Å². The molecule has 0 amide bonds. The highest BCUT2D eigenvalue weighted by Gasteiger charge is 2.05. The van der Waals surface area contributed by atoms with Crippen molar-refractivity contribution in [2.75, 3.05) is 26.3 Å². The largest absolute Gasteiger partial charge is 0.493 e. The SMILES string of the molecule is Cc1cc(C)c(OCCCCNCCO)c(C)c1.O=C(O)C(=O)O. The fraction of sp³-hybridized carbons (Fsp3) is 0.529. The molecule has 0 atom stereocenters. The lowest BCUT2D eigenvalue weighted by atomic mass is 10.1. The average Bonchev–Trinajstić information content (AvgIpc) is 2.49. The first kappa shape index (κ1) is 21.9. The lowest BCUT2D eigenvalue weighted by Gasteiger charge is -2.13. The van der Waals surface area contributed by atoms with Gasteiger partial charge in [-0.2, -0.15) is 0 Å². The van der Waals surface area contributed by atoms with E-state index in [0.29, 0.717) is 6.54 Å². The van der Waals surface area contributed by atoms with Gasteiger partial charge in [0.05, 0.1) is 13.2 Å². The van der Waals surface area contributed by atoms with E-state index in [0.717, 1.165) is 31.7 Å². The number of hydrogen-bond acceptors (Lipinski definition) is 5. The molecule has 1 aromatic carbocycles. The second-order valence-electron chi connectivity index (χ2n) is 5.37. The summed E-state index contributed by atoms with van der Waals surface area (Å²) < 4.78 is 5.85. The predicted octanol–water partition coefficient (Wildman–Crippen LogP) is 1.51. The summed E-state index contributed by atoms with van der Waals surface area (Å²) in [6, 6.07) is 4.32. The zero-order chi connectivity index (χ0) is 18.5. The molecule has 0 spiro atoms. The van der Waals surface area contributed by atoms with Crippen molar-refractivity contribution in [3.8, 4) is 5.75 Å². The van der Waals surface area contributed by atoms with Crippen LogP contribution in [0.5, 0.6) is 5.75 Å². The molecule has 0 radical (unpaired) electrons. The van der Waals surface area contributed by atoms with Crippen molar-refractivity contribution in [1.29, 1.82) is 0 Å². The number of benzene rings is 1. The lowest BCUT2D eigenvalue weighted by Crippen LogP contribution is -2.19. The van der Waals surface area contributed by atoms with Crippen LogP contribution in [0.1, 0.15) is 29.5 Å². The number of nitrogens with one attached hydrogen (secondary N) is 1. The highest BCUT2D eigenvalue weighted by atomic mass is 16.5. The van der Waals surface area contributed by atoms with Crippen LogP contribution in [0.25, 0.3) is 0 Å². The summed E-state index contributed by atoms with van der Waals surface area (Å²) in [6.07, 6.45) is 2.11.